The topological polar surface area (TPSA) is 29.1 Å². The van der Waals surface area contributed by atoms with Crippen LogP contribution < -0.4 is 5.32 Å². The second-order valence-corrected chi connectivity index (χ2v) is 3.61. The van der Waals surface area contributed by atoms with Crippen molar-refractivity contribution in [3.05, 3.63) is 34.4 Å². The lowest BCUT2D eigenvalue weighted by Crippen LogP contribution is -2.32. The van der Waals surface area contributed by atoms with Crippen molar-refractivity contribution in [2.75, 3.05) is 6.54 Å². The van der Waals surface area contributed by atoms with Crippen LogP contribution in [0.5, 0.6) is 0 Å². The number of rotatable bonds is 0. The van der Waals surface area contributed by atoms with Crippen LogP contribution in [0.4, 0.5) is 0 Å². The molecule has 0 fully saturated rings. The summed E-state index contributed by atoms with van der Waals surface area (Å²) in [5.74, 6) is 0.0769. The van der Waals surface area contributed by atoms with E-state index >= 15 is 0 Å². The third-order valence-corrected chi connectivity index (χ3v) is 2.52. The van der Waals surface area contributed by atoms with Crippen molar-refractivity contribution in [3.8, 4) is 0 Å². The minimum atomic E-state index is 0.0769. The van der Waals surface area contributed by atoms with Gasteiger partial charge in [-0.1, -0.05) is 11.6 Å². The first-order valence-corrected chi connectivity index (χ1v) is 4.57. The van der Waals surface area contributed by atoms with Crippen LogP contribution in [0.25, 0.3) is 0 Å². The molecule has 1 aliphatic rings. The Labute approximate surface area is 78.0 Å². The largest absolute Gasteiger partial charge is 0.352 e. The fraction of sp³-hybridized carbons (Fsp3) is 0.364. The van der Waals surface area contributed by atoms with Gasteiger partial charge in [0.1, 0.15) is 0 Å². The van der Waals surface area contributed by atoms with Crippen LogP contribution in [0.2, 0.25) is 0 Å². The van der Waals surface area contributed by atoms with E-state index in [2.05, 4.69) is 18.3 Å². The van der Waals surface area contributed by atoms with Crippen LogP contribution in [-0.2, 0) is 6.42 Å². The highest BCUT2D eigenvalue weighted by atomic mass is 16.1. The van der Waals surface area contributed by atoms with Crippen molar-refractivity contribution >= 4 is 5.91 Å². The van der Waals surface area contributed by atoms with Gasteiger partial charge in [0.25, 0.3) is 5.91 Å². The molecule has 0 saturated heterocycles. The normalized spacial score (nSPS) is 15.1. The summed E-state index contributed by atoms with van der Waals surface area (Å²) < 4.78 is 0. The summed E-state index contributed by atoms with van der Waals surface area (Å²) in [4.78, 5) is 11.5. The Kier molecular flexibility index (Phi) is 1.83. The van der Waals surface area contributed by atoms with Crippen molar-refractivity contribution in [2.45, 2.75) is 20.3 Å². The Balaban J connectivity index is 2.63. The van der Waals surface area contributed by atoms with Gasteiger partial charge >= 0.3 is 0 Å². The van der Waals surface area contributed by atoms with E-state index in [0.29, 0.717) is 0 Å². The van der Waals surface area contributed by atoms with Crippen molar-refractivity contribution in [1.29, 1.82) is 0 Å². The number of nitrogens with one attached hydrogen (secondary N) is 1. The summed E-state index contributed by atoms with van der Waals surface area (Å²) in [5, 5.41) is 2.85. The van der Waals surface area contributed by atoms with E-state index < -0.39 is 0 Å². The summed E-state index contributed by atoms with van der Waals surface area (Å²) in [6.45, 7) is 4.87. The van der Waals surface area contributed by atoms with Gasteiger partial charge in [-0.25, -0.2) is 0 Å². The molecule has 0 saturated carbocycles. The van der Waals surface area contributed by atoms with Gasteiger partial charge in [-0.2, -0.15) is 0 Å². The van der Waals surface area contributed by atoms with E-state index in [9.17, 15) is 4.79 Å². The van der Waals surface area contributed by atoms with E-state index in [4.69, 9.17) is 0 Å². The molecule has 2 heteroatoms. The van der Waals surface area contributed by atoms with Crippen molar-refractivity contribution in [3.63, 3.8) is 0 Å². The maximum Gasteiger partial charge on any atom is 0.251 e. The number of hydrogen-bond donors (Lipinski definition) is 1. The minimum Gasteiger partial charge on any atom is -0.352 e. The molecular formula is C11H13NO. The zero-order valence-electron chi connectivity index (χ0n) is 7.98. The Morgan fingerprint density at radius 2 is 2.08 bits per heavy atom. The Hall–Kier alpha value is -1.31. The molecule has 68 valence electrons. The lowest BCUT2D eigenvalue weighted by atomic mass is 9.94. The molecule has 1 N–H and O–H groups in total. The standard InChI is InChI=1S/C11H13NO/c1-7-5-8(2)9-3-4-12-11(13)10(9)6-7/h5-6H,3-4H2,1-2H3,(H,12,13). The van der Waals surface area contributed by atoms with Crippen LogP contribution >= 0.6 is 0 Å². The van der Waals surface area contributed by atoms with Gasteiger partial charge in [0.05, 0.1) is 0 Å². The summed E-state index contributed by atoms with van der Waals surface area (Å²) >= 11 is 0. The first-order valence-electron chi connectivity index (χ1n) is 4.57. The third kappa shape index (κ3) is 1.32. The molecule has 1 aromatic carbocycles. The van der Waals surface area contributed by atoms with Gasteiger partial charge in [0.15, 0.2) is 0 Å². The van der Waals surface area contributed by atoms with Crippen LogP contribution in [0.3, 0.4) is 0 Å². The highest BCUT2D eigenvalue weighted by molar-refractivity contribution is 5.97. The van der Waals surface area contributed by atoms with Gasteiger partial charge in [-0.15, -0.1) is 0 Å². The second kappa shape index (κ2) is 2.87. The van der Waals surface area contributed by atoms with Crippen molar-refractivity contribution in [1.82, 2.24) is 5.32 Å². The lowest BCUT2D eigenvalue weighted by molar-refractivity contribution is 0.0945. The van der Waals surface area contributed by atoms with Gasteiger partial charge in [0.2, 0.25) is 0 Å². The van der Waals surface area contributed by atoms with E-state index in [-0.39, 0.29) is 5.91 Å². The van der Waals surface area contributed by atoms with Crippen LogP contribution in [0, 0.1) is 13.8 Å². The number of benzene rings is 1. The predicted molar refractivity (Wildman–Crippen MR) is 52.0 cm³/mol. The molecule has 1 heterocycles. The van der Waals surface area contributed by atoms with E-state index in [1.807, 2.05) is 13.0 Å². The number of hydrogen-bond acceptors (Lipinski definition) is 1. The van der Waals surface area contributed by atoms with Gasteiger partial charge < -0.3 is 5.32 Å². The van der Waals surface area contributed by atoms with E-state index in [0.717, 1.165) is 24.1 Å². The molecule has 0 radical (unpaired) electrons. The first-order chi connectivity index (χ1) is 6.18. The molecule has 0 spiro atoms. The maximum atomic E-state index is 11.5. The summed E-state index contributed by atoms with van der Waals surface area (Å²) in [6.07, 6.45) is 0.965. The highest BCUT2D eigenvalue weighted by Gasteiger charge is 2.17. The molecule has 0 unspecified atom stereocenters. The first kappa shape index (κ1) is 8.30. The molecule has 2 nitrogen and oxygen atoms in total. The van der Waals surface area contributed by atoms with Crippen molar-refractivity contribution in [2.24, 2.45) is 0 Å². The van der Waals surface area contributed by atoms with Crippen LogP contribution in [-0.4, -0.2) is 12.5 Å². The van der Waals surface area contributed by atoms with E-state index in [1.54, 1.807) is 0 Å². The molecule has 1 aliphatic heterocycles. The zero-order chi connectivity index (χ0) is 9.42. The summed E-state index contributed by atoms with van der Waals surface area (Å²) in [7, 11) is 0. The quantitative estimate of drug-likeness (QED) is 0.637. The number of carbonyl (C=O) groups is 1. The number of amides is 1. The van der Waals surface area contributed by atoms with E-state index in [1.165, 1.54) is 11.1 Å². The molecule has 0 bridgehead atoms. The smallest absolute Gasteiger partial charge is 0.251 e. The predicted octanol–water partition coefficient (Wildman–Crippen LogP) is 1.59. The highest BCUT2D eigenvalue weighted by Crippen LogP contribution is 2.19. The third-order valence-electron chi connectivity index (χ3n) is 2.52. The molecule has 2 rings (SSSR count). The maximum absolute atomic E-state index is 11.5. The molecule has 1 aromatic rings. The Morgan fingerprint density at radius 3 is 2.85 bits per heavy atom. The molecule has 0 aromatic heterocycles. The monoisotopic (exact) mass is 175 g/mol. The van der Waals surface area contributed by atoms with Crippen molar-refractivity contribution < 1.29 is 4.79 Å². The average Bonchev–Trinajstić information content (AvgIpc) is 2.07. The van der Waals surface area contributed by atoms with Crippen LogP contribution in [0.1, 0.15) is 27.0 Å². The number of aryl methyl sites for hydroxylation is 2. The summed E-state index contributed by atoms with van der Waals surface area (Å²) in [5.41, 5.74) is 4.48. The summed E-state index contributed by atoms with van der Waals surface area (Å²) in [6, 6.07) is 4.11. The Bertz CT molecular complexity index is 369. The average molecular weight is 175 g/mol. The SMILES string of the molecule is Cc1cc(C)c2c(c1)C(=O)NCC2. The fourth-order valence-electron chi connectivity index (χ4n) is 1.93. The molecule has 0 aliphatic carbocycles. The lowest BCUT2D eigenvalue weighted by Gasteiger charge is -2.18. The molecule has 13 heavy (non-hydrogen) atoms. The number of fused-ring (bicyclic) bond motifs is 1. The second-order valence-electron chi connectivity index (χ2n) is 3.61. The van der Waals surface area contributed by atoms with Gasteiger partial charge in [-0.3, -0.25) is 4.79 Å². The fourth-order valence-corrected chi connectivity index (χ4v) is 1.93. The number of carbonyl (C=O) groups excluding carboxylic acids is 1. The molecule has 1 amide bonds. The van der Waals surface area contributed by atoms with Gasteiger partial charge in [0, 0.05) is 12.1 Å². The Morgan fingerprint density at radius 1 is 1.31 bits per heavy atom. The molecule has 0 atom stereocenters. The van der Waals surface area contributed by atoms with Crippen LogP contribution in [0.15, 0.2) is 12.1 Å². The van der Waals surface area contributed by atoms with Gasteiger partial charge in [-0.05, 0) is 37.5 Å². The molecular weight excluding hydrogens is 162 g/mol. The zero-order valence-corrected chi connectivity index (χ0v) is 7.98. The minimum absolute atomic E-state index is 0.0769.